The van der Waals surface area contributed by atoms with Gasteiger partial charge in [-0.15, -0.1) is 6.42 Å². The highest BCUT2D eigenvalue weighted by Gasteiger charge is 2.25. The molecule has 2 aromatic carbocycles. The highest BCUT2D eigenvalue weighted by atomic mass is 35.5. The van der Waals surface area contributed by atoms with Gasteiger partial charge in [-0.1, -0.05) is 59.5 Å². The van der Waals surface area contributed by atoms with E-state index in [-0.39, 0.29) is 51.5 Å². The summed E-state index contributed by atoms with van der Waals surface area (Å²) in [5.74, 6) is 2.38. The summed E-state index contributed by atoms with van der Waals surface area (Å²) in [5, 5.41) is 11.9. The third-order valence-electron chi connectivity index (χ3n) is 4.78. The van der Waals surface area contributed by atoms with E-state index in [0.717, 1.165) is 5.56 Å². The summed E-state index contributed by atoms with van der Waals surface area (Å²) in [6.45, 7) is 0.167. The van der Waals surface area contributed by atoms with Crippen LogP contribution in [0, 0.1) is 12.3 Å². The normalized spacial score (nSPS) is 10.7. The standard InChI is InChI=1S/C24H16Cl2N2O3/c1-2-13-28-23-16(9-6-12-27-23)21(29)20(24(28)30)19-17(25)10-11-18(26)22(19)31-14-15-7-4-3-5-8-15/h1,3-12,29H,13-14H2. The molecule has 0 unspecified atom stereocenters. The lowest BCUT2D eigenvalue weighted by Gasteiger charge is -2.18. The third kappa shape index (κ3) is 3.84. The Kier molecular flexibility index (Phi) is 5.85. The molecule has 5 nitrogen and oxygen atoms in total. The van der Waals surface area contributed by atoms with Gasteiger partial charge in [-0.2, -0.15) is 0 Å². The molecular formula is C24H16Cl2N2O3. The molecule has 2 heterocycles. The predicted molar refractivity (Wildman–Crippen MR) is 123 cm³/mol. The van der Waals surface area contributed by atoms with Crippen molar-refractivity contribution in [3.05, 3.63) is 86.8 Å². The van der Waals surface area contributed by atoms with Gasteiger partial charge in [0, 0.05) is 6.20 Å². The zero-order valence-electron chi connectivity index (χ0n) is 16.2. The zero-order chi connectivity index (χ0) is 22.0. The van der Waals surface area contributed by atoms with Crippen LogP contribution in [0.5, 0.6) is 11.5 Å². The van der Waals surface area contributed by atoms with Crippen LogP contribution in [0.15, 0.2) is 65.6 Å². The van der Waals surface area contributed by atoms with Crippen LogP contribution in [0.2, 0.25) is 10.0 Å². The quantitative estimate of drug-likeness (QED) is 0.419. The van der Waals surface area contributed by atoms with Crippen molar-refractivity contribution >= 4 is 34.2 Å². The largest absolute Gasteiger partial charge is 0.506 e. The van der Waals surface area contributed by atoms with Crippen molar-refractivity contribution in [1.82, 2.24) is 9.55 Å². The van der Waals surface area contributed by atoms with Crippen LogP contribution < -0.4 is 10.3 Å². The smallest absolute Gasteiger partial charge is 0.264 e. The molecule has 4 rings (SSSR count). The van der Waals surface area contributed by atoms with Gasteiger partial charge in [0.1, 0.15) is 23.8 Å². The molecular weight excluding hydrogens is 435 g/mol. The minimum absolute atomic E-state index is 0.0297. The van der Waals surface area contributed by atoms with E-state index in [1.807, 2.05) is 30.3 Å². The first-order chi connectivity index (χ1) is 15.0. The first-order valence-electron chi connectivity index (χ1n) is 9.32. The number of nitrogens with zero attached hydrogens (tertiary/aromatic N) is 2. The topological polar surface area (TPSA) is 64.3 Å². The molecule has 31 heavy (non-hydrogen) atoms. The Morgan fingerprint density at radius 2 is 1.77 bits per heavy atom. The molecule has 0 saturated carbocycles. The van der Waals surface area contributed by atoms with Crippen molar-refractivity contribution in [3.63, 3.8) is 0 Å². The Morgan fingerprint density at radius 1 is 1.03 bits per heavy atom. The number of pyridine rings is 2. The number of halogens is 2. The van der Waals surface area contributed by atoms with Crippen molar-refractivity contribution in [1.29, 1.82) is 0 Å². The first kappa shape index (κ1) is 20.8. The third-order valence-corrected chi connectivity index (χ3v) is 5.39. The highest BCUT2D eigenvalue weighted by Crippen LogP contribution is 2.45. The van der Waals surface area contributed by atoms with Gasteiger partial charge < -0.3 is 9.84 Å². The fourth-order valence-electron chi connectivity index (χ4n) is 3.36. The average Bonchev–Trinajstić information content (AvgIpc) is 2.79. The number of terminal acetylenes is 1. The van der Waals surface area contributed by atoms with E-state index in [4.69, 9.17) is 34.4 Å². The van der Waals surface area contributed by atoms with Gasteiger partial charge in [-0.3, -0.25) is 9.36 Å². The number of aromatic hydroxyl groups is 1. The Balaban J connectivity index is 1.97. The molecule has 4 aromatic rings. The highest BCUT2D eigenvalue weighted by molar-refractivity contribution is 6.37. The zero-order valence-corrected chi connectivity index (χ0v) is 17.7. The predicted octanol–water partition coefficient (Wildman–Crippen LogP) is 5.29. The van der Waals surface area contributed by atoms with Gasteiger partial charge in [0.05, 0.1) is 33.1 Å². The molecule has 0 aliphatic carbocycles. The van der Waals surface area contributed by atoms with Crippen LogP contribution in [0.25, 0.3) is 22.2 Å². The molecule has 0 atom stereocenters. The number of fused-ring (bicyclic) bond motifs is 1. The number of hydrogen-bond donors (Lipinski definition) is 1. The summed E-state index contributed by atoms with van der Waals surface area (Å²) in [6, 6.07) is 15.9. The maximum absolute atomic E-state index is 13.4. The second-order valence-corrected chi connectivity index (χ2v) is 7.52. The fraction of sp³-hybridized carbons (Fsp3) is 0.0833. The van der Waals surface area contributed by atoms with Crippen LogP contribution in [-0.4, -0.2) is 14.7 Å². The Labute approximate surface area is 188 Å². The van der Waals surface area contributed by atoms with Crippen LogP contribution >= 0.6 is 23.2 Å². The van der Waals surface area contributed by atoms with Crippen molar-refractivity contribution in [2.75, 3.05) is 0 Å². The summed E-state index contributed by atoms with van der Waals surface area (Å²) in [5.41, 5.74) is 0.781. The monoisotopic (exact) mass is 450 g/mol. The van der Waals surface area contributed by atoms with Gasteiger partial charge in [-0.25, -0.2) is 4.98 Å². The lowest BCUT2D eigenvalue weighted by Crippen LogP contribution is -2.23. The molecule has 7 heteroatoms. The van der Waals surface area contributed by atoms with E-state index < -0.39 is 5.56 Å². The van der Waals surface area contributed by atoms with E-state index in [0.29, 0.717) is 5.39 Å². The van der Waals surface area contributed by atoms with Gasteiger partial charge in [0.25, 0.3) is 5.56 Å². The summed E-state index contributed by atoms with van der Waals surface area (Å²) in [6.07, 6.45) is 6.99. The number of hydrogen-bond acceptors (Lipinski definition) is 4. The SMILES string of the molecule is C#CCn1c(=O)c(-c2c(Cl)ccc(Cl)c2OCc2ccccc2)c(O)c2cccnc21. The van der Waals surface area contributed by atoms with E-state index in [9.17, 15) is 9.90 Å². The molecule has 0 fully saturated rings. The second kappa shape index (κ2) is 8.73. The van der Waals surface area contributed by atoms with Gasteiger partial charge >= 0.3 is 0 Å². The van der Waals surface area contributed by atoms with Crippen molar-refractivity contribution in [2.45, 2.75) is 13.2 Å². The van der Waals surface area contributed by atoms with Gasteiger partial charge in [0.15, 0.2) is 0 Å². The maximum Gasteiger partial charge on any atom is 0.264 e. The summed E-state index contributed by atoms with van der Waals surface area (Å²) < 4.78 is 7.29. The molecule has 0 amide bonds. The van der Waals surface area contributed by atoms with Crippen LogP contribution in [-0.2, 0) is 13.2 Å². The minimum atomic E-state index is -0.546. The molecule has 1 N–H and O–H groups in total. The summed E-state index contributed by atoms with van der Waals surface area (Å²) >= 11 is 12.9. The number of rotatable bonds is 5. The van der Waals surface area contributed by atoms with E-state index in [2.05, 4.69) is 10.9 Å². The lowest BCUT2D eigenvalue weighted by molar-refractivity contribution is 0.307. The van der Waals surface area contributed by atoms with E-state index in [1.165, 1.54) is 10.8 Å². The summed E-state index contributed by atoms with van der Waals surface area (Å²) in [4.78, 5) is 17.6. The molecule has 0 aliphatic heterocycles. The van der Waals surface area contributed by atoms with Gasteiger partial charge in [-0.05, 0) is 29.8 Å². The lowest BCUT2D eigenvalue weighted by atomic mass is 10.0. The number of ether oxygens (including phenoxy) is 1. The summed E-state index contributed by atoms with van der Waals surface area (Å²) in [7, 11) is 0. The van der Waals surface area contributed by atoms with Crippen molar-refractivity contribution in [2.24, 2.45) is 0 Å². The second-order valence-electron chi connectivity index (χ2n) is 6.70. The molecule has 0 aliphatic rings. The minimum Gasteiger partial charge on any atom is -0.506 e. The Morgan fingerprint density at radius 3 is 2.52 bits per heavy atom. The Bertz CT molecular complexity index is 1380. The Hall–Kier alpha value is -3.46. The number of aromatic nitrogens is 2. The fourth-order valence-corrected chi connectivity index (χ4v) is 3.82. The molecule has 0 saturated heterocycles. The number of benzene rings is 2. The van der Waals surface area contributed by atoms with Gasteiger partial charge in [0.2, 0.25) is 0 Å². The molecule has 154 valence electrons. The van der Waals surface area contributed by atoms with Crippen molar-refractivity contribution in [3.8, 4) is 35.0 Å². The van der Waals surface area contributed by atoms with E-state index >= 15 is 0 Å². The van der Waals surface area contributed by atoms with Crippen LogP contribution in [0.1, 0.15) is 5.56 Å². The maximum atomic E-state index is 13.4. The van der Waals surface area contributed by atoms with E-state index in [1.54, 1.807) is 24.3 Å². The van der Waals surface area contributed by atoms with Crippen LogP contribution in [0.3, 0.4) is 0 Å². The van der Waals surface area contributed by atoms with Crippen molar-refractivity contribution < 1.29 is 9.84 Å². The molecule has 2 aromatic heterocycles. The average molecular weight is 451 g/mol. The molecule has 0 radical (unpaired) electrons. The van der Waals surface area contributed by atoms with Crippen LogP contribution in [0.4, 0.5) is 0 Å². The molecule has 0 bridgehead atoms. The molecule has 0 spiro atoms. The first-order valence-corrected chi connectivity index (χ1v) is 10.1.